The van der Waals surface area contributed by atoms with Gasteiger partial charge in [0.15, 0.2) is 0 Å². The molecule has 0 saturated heterocycles. The van der Waals surface area contributed by atoms with Crippen LogP contribution in [-0.2, 0) is 21.7 Å². The van der Waals surface area contributed by atoms with Gasteiger partial charge in [-0.25, -0.2) is 0 Å². The molecule has 0 aromatic heterocycles. The Bertz CT molecular complexity index is 8300. The van der Waals surface area contributed by atoms with Gasteiger partial charge in [-0.2, -0.15) is 0 Å². The van der Waals surface area contributed by atoms with Crippen molar-refractivity contribution in [3.05, 3.63) is 433 Å². The molecule has 0 saturated carbocycles. The molecule has 0 unspecified atom stereocenters. The maximum absolute atomic E-state index is 2.43. The molecule has 4 aliphatic carbocycles. The third kappa shape index (κ3) is 19.6. The first-order chi connectivity index (χ1) is 72.4. The van der Waals surface area contributed by atoms with E-state index in [0.717, 1.165) is 0 Å². The van der Waals surface area contributed by atoms with Crippen LogP contribution in [0.4, 0.5) is 0 Å². The van der Waals surface area contributed by atoms with Gasteiger partial charge in [-0.3, -0.25) is 0 Å². The van der Waals surface area contributed by atoms with Crippen LogP contribution in [0.25, 0.3) is 217 Å². The molecule has 0 bridgehead atoms. The Morgan fingerprint density at radius 1 is 0.108 bits per heavy atom. The average molecular weight is 1940 g/mol. The second-order valence-electron chi connectivity index (χ2n) is 37.8. The Balaban J connectivity index is 0.000000154. The lowest BCUT2D eigenvalue weighted by atomic mass is 9.78. The molecule has 0 N–H and O–H groups in total. The van der Waals surface area contributed by atoms with Gasteiger partial charge >= 0.3 is 0 Å². The van der Waals surface area contributed by atoms with Crippen molar-refractivity contribution in [3.8, 4) is 44.5 Å². The molecule has 0 aliphatic heterocycles. The van der Waals surface area contributed by atoms with Crippen LogP contribution in [-0.4, -0.2) is 0 Å². The fourth-order valence-electron chi connectivity index (χ4n) is 23.2. The van der Waals surface area contributed by atoms with E-state index < -0.39 is 0 Å². The van der Waals surface area contributed by atoms with Crippen molar-refractivity contribution in [3.63, 3.8) is 0 Å². The Kier molecular flexibility index (Phi) is 36.2. The van der Waals surface area contributed by atoms with Crippen molar-refractivity contribution >= 4 is 172 Å². The van der Waals surface area contributed by atoms with E-state index in [4.69, 9.17) is 0 Å². The minimum atomic E-state index is -0.0609. The summed E-state index contributed by atoms with van der Waals surface area (Å²) < 4.78 is 0. The summed E-state index contributed by atoms with van der Waals surface area (Å²) >= 11 is 0. The van der Waals surface area contributed by atoms with E-state index in [0.29, 0.717) is 0 Å². The van der Waals surface area contributed by atoms with Gasteiger partial charge in [0.25, 0.3) is 0 Å². The Morgan fingerprint density at radius 2 is 0.297 bits per heavy atom. The third-order valence-corrected chi connectivity index (χ3v) is 29.4. The third-order valence-electron chi connectivity index (χ3n) is 29.4. The van der Waals surface area contributed by atoms with Gasteiger partial charge < -0.3 is 0 Å². The molecule has 0 nitrogen and oxygen atoms in total. The monoisotopic (exact) mass is 1940 g/mol. The second-order valence-corrected chi connectivity index (χ2v) is 37.8. The van der Waals surface area contributed by atoms with Crippen molar-refractivity contribution in [2.24, 2.45) is 0 Å². The number of fused-ring (bicyclic) bond motifs is 36. The molecular weight excluding hydrogens is 1780 g/mol. The molecule has 0 fully saturated rings. The van der Waals surface area contributed by atoms with Gasteiger partial charge in [0.2, 0.25) is 0 Å². The van der Waals surface area contributed by atoms with E-state index >= 15 is 0 Å². The largest absolute Gasteiger partial charge is 0.0683 e. The van der Waals surface area contributed by atoms with E-state index in [2.05, 4.69) is 444 Å². The first-order valence-corrected chi connectivity index (χ1v) is 56.1. The number of benzene rings is 24. The quantitative estimate of drug-likeness (QED) is 0.105. The van der Waals surface area contributed by atoms with Crippen LogP contribution in [0.1, 0.15) is 266 Å². The minimum absolute atomic E-state index is 0.00959. The second kappa shape index (κ2) is 48.4. The predicted molar refractivity (Wildman–Crippen MR) is 672 cm³/mol. The standard InChI is InChI=1S/4C31H22.12C2H6/c1-31(2)29-17-25-13-21-9-5-3-7-19(21)11-23(25)15-27(29)28-16-24-12-20-8-4-6-10-22(20)14-26(24)18-30(28)31;1-31(2)27-13-11-23-15-19-7-3-5-9-21(19)17-25(23)29(27)30-26-18-22-10-6-4-8-20(22)16-24(26)12-14-28(30)31;1-31(2)29-25(13-11-23-15-19-7-3-5-9-21(19)17-27(23)29)26-14-12-24-16-20-8-4-6-10-22(20)18-28(24)30(26)31;1-31(2)27-17-15-23-21-9-5-3-7-19(21)11-13-25(23)29(27)30-26-14-12-20-8-4-6-10-22(20)24(26)16-18-28(30)31;12*1-2/h4*3-18H,1-2H3;12*1-2H3. The summed E-state index contributed by atoms with van der Waals surface area (Å²) in [6.07, 6.45) is 0. The van der Waals surface area contributed by atoms with Crippen molar-refractivity contribution in [1.82, 2.24) is 0 Å². The molecule has 4 aliphatic rings. The number of hydrogen-bond donors (Lipinski definition) is 0. The van der Waals surface area contributed by atoms with Gasteiger partial charge in [0.1, 0.15) is 0 Å². The maximum Gasteiger partial charge on any atom is 0.0171 e. The molecule has 148 heavy (non-hydrogen) atoms. The minimum Gasteiger partial charge on any atom is -0.0683 e. The summed E-state index contributed by atoms with van der Waals surface area (Å²) in [7, 11) is 0. The molecule has 0 heterocycles. The van der Waals surface area contributed by atoms with Gasteiger partial charge in [-0.05, 0) is 358 Å². The van der Waals surface area contributed by atoms with Crippen LogP contribution in [0, 0.1) is 0 Å². The molecule has 24 aromatic rings. The van der Waals surface area contributed by atoms with E-state index in [1.807, 2.05) is 166 Å². The fraction of sp³-hybridized carbons (Fsp3) is 0.243. The SMILES string of the molecule is CC.CC.CC.CC.CC.CC.CC.CC.CC.CC.CC.CC.CC1(C)c2c(ccc3cc4ccccc4cc23)-c2ccc3cc4ccccc4cc3c21.CC1(C)c2cc3cc4ccccc4cc3cc2-c2cc3cc4ccccc4cc3cc21.CC1(C)c2ccc3c(ccc4ccccc43)c2-c2c1ccc1c2ccc2ccccc21.CC1(C)c2ccc3cc4ccccc4cc3c2-c2c1ccc1cc3ccccc3cc21. The summed E-state index contributed by atoms with van der Waals surface area (Å²) in [4.78, 5) is 0. The fourth-order valence-corrected chi connectivity index (χ4v) is 23.2. The van der Waals surface area contributed by atoms with Gasteiger partial charge in [0.05, 0.1) is 0 Å². The van der Waals surface area contributed by atoms with Crippen LogP contribution in [0.15, 0.2) is 388 Å². The molecule has 24 aromatic carbocycles. The van der Waals surface area contributed by atoms with Gasteiger partial charge in [-0.15, -0.1) is 0 Å². The van der Waals surface area contributed by atoms with Crippen LogP contribution in [0.5, 0.6) is 0 Å². The molecule has 752 valence electrons. The lowest BCUT2D eigenvalue weighted by Crippen LogP contribution is -2.16. The molecular formula is C148H160. The highest BCUT2D eigenvalue weighted by molar-refractivity contribution is 6.22. The highest BCUT2D eigenvalue weighted by atomic mass is 14.5. The molecule has 28 rings (SSSR count). The summed E-state index contributed by atoms with van der Waals surface area (Å²) in [5.41, 5.74) is 22.7. The normalized spacial score (nSPS) is 12.5. The van der Waals surface area contributed by atoms with Gasteiger partial charge in [0, 0.05) is 21.7 Å². The average Bonchev–Trinajstić information content (AvgIpc) is 1.56. The Labute approximate surface area is 886 Å². The van der Waals surface area contributed by atoms with E-state index in [1.54, 1.807) is 0 Å². The molecule has 0 amide bonds. The summed E-state index contributed by atoms with van der Waals surface area (Å²) in [5, 5.41) is 42.4. The van der Waals surface area contributed by atoms with E-state index in [-0.39, 0.29) is 21.7 Å². The van der Waals surface area contributed by atoms with Crippen molar-refractivity contribution < 1.29 is 0 Å². The highest BCUT2D eigenvalue weighted by Crippen LogP contribution is 2.59. The lowest BCUT2D eigenvalue weighted by Gasteiger charge is -2.25. The first kappa shape index (κ1) is 111. The van der Waals surface area contributed by atoms with Crippen molar-refractivity contribution in [1.29, 1.82) is 0 Å². The van der Waals surface area contributed by atoms with Crippen molar-refractivity contribution in [2.45, 2.75) is 243 Å². The molecule has 0 atom stereocenters. The van der Waals surface area contributed by atoms with E-state index in [1.165, 1.54) is 261 Å². The van der Waals surface area contributed by atoms with Crippen LogP contribution < -0.4 is 0 Å². The van der Waals surface area contributed by atoms with Crippen molar-refractivity contribution in [2.75, 3.05) is 0 Å². The van der Waals surface area contributed by atoms with Gasteiger partial charge in [-0.1, -0.05) is 513 Å². The maximum atomic E-state index is 2.43. The molecule has 0 radical (unpaired) electrons. The molecule has 0 spiro atoms. The zero-order valence-electron chi connectivity index (χ0n) is 95.0. The summed E-state index contributed by atoms with van der Waals surface area (Å²) in [6.45, 7) is 67.0. The topological polar surface area (TPSA) is 0 Å². The van der Waals surface area contributed by atoms with E-state index in [9.17, 15) is 0 Å². The highest BCUT2D eigenvalue weighted by Gasteiger charge is 2.42. The predicted octanol–water partition coefficient (Wildman–Crippen LogP) is 46.7. The Morgan fingerprint density at radius 3 is 0.574 bits per heavy atom. The lowest BCUT2D eigenvalue weighted by molar-refractivity contribution is 0.661. The first-order valence-electron chi connectivity index (χ1n) is 56.1. The zero-order valence-corrected chi connectivity index (χ0v) is 95.0. The zero-order chi connectivity index (χ0) is 107. The molecule has 0 heteroatoms. The Hall–Kier alpha value is -14.6. The summed E-state index contributed by atoms with van der Waals surface area (Å²) in [6, 6.07) is 145. The summed E-state index contributed by atoms with van der Waals surface area (Å²) in [5.74, 6) is 0. The number of rotatable bonds is 0. The van der Waals surface area contributed by atoms with Crippen LogP contribution in [0.2, 0.25) is 0 Å². The van der Waals surface area contributed by atoms with Crippen LogP contribution in [0.3, 0.4) is 0 Å². The number of hydrogen-bond acceptors (Lipinski definition) is 0. The smallest absolute Gasteiger partial charge is 0.0171 e. The van der Waals surface area contributed by atoms with Crippen LogP contribution >= 0.6 is 0 Å².